The second-order valence-electron chi connectivity index (χ2n) is 7.48. The number of para-hydroxylation sites is 1. The highest BCUT2D eigenvalue weighted by molar-refractivity contribution is 6.15. The maximum atomic E-state index is 13.4. The number of hydrogen-bond donors (Lipinski definition) is 1. The van der Waals surface area contributed by atoms with Crippen molar-refractivity contribution in [3.05, 3.63) is 59.2 Å². The summed E-state index contributed by atoms with van der Waals surface area (Å²) in [5.41, 5.74) is 1.53. The molecule has 1 aromatic carbocycles. The van der Waals surface area contributed by atoms with Gasteiger partial charge in [-0.25, -0.2) is 0 Å². The van der Waals surface area contributed by atoms with Crippen molar-refractivity contribution in [3.8, 4) is 11.5 Å². The first-order valence-corrected chi connectivity index (χ1v) is 9.32. The van der Waals surface area contributed by atoms with Crippen LogP contribution in [0.25, 0.3) is 0 Å². The van der Waals surface area contributed by atoms with Crippen molar-refractivity contribution in [2.24, 2.45) is 11.3 Å². The number of hydrogen-bond acceptors (Lipinski definition) is 4. The summed E-state index contributed by atoms with van der Waals surface area (Å²) in [6, 6.07) is 5.30. The lowest BCUT2D eigenvalue weighted by molar-refractivity contribution is -0.138. The van der Waals surface area contributed by atoms with E-state index >= 15 is 0 Å². The van der Waals surface area contributed by atoms with Gasteiger partial charge in [-0.2, -0.15) is 0 Å². The normalized spacial score (nSPS) is 27.9. The summed E-state index contributed by atoms with van der Waals surface area (Å²) in [7, 11) is 0. The van der Waals surface area contributed by atoms with Gasteiger partial charge in [0.05, 0.1) is 12.0 Å². The molecule has 0 fully saturated rings. The number of rotatable bonds is 4. The summed E-state index contributed by atoms with van der Waals surface area (Å²) in [6.07, 6.45) is 4.18. The zero-order chi connectivity index (χ0) is 19.9. The SMILES string of the molecule is C=CC1=CCC2C(=O)C(C)=C(C)C(=O)C2(C)C1c1cccc(OCC)c1O. The molecule has 0 amide bonds. The molecule has 0 saturated carbocycles. The lowest BCUT2D eigenvalue weighted by Gasteiger charge is -2.48. The number of Topliss-reactive ketones (excluding diaryl/α,β-unsaturated/α-hetero) is 2. The number of benzene rings is 1. The van der Waals surface area contributed by atoms with Crippen LogP contribution in [-0.2, 0) is 9.59 Å². The molecule has 2 aliphatic rings. The van der Waals surface area contributed by atoms with E-state index in [1.54, 1.807) is 38.1 Å². The molecular weight excluding hydrogens is 340 g/mol. The molecular formula is C23H26O4. The number of phenolic OH excluding ortho intramolecular Hbond substituents is 1. The van der Waals surface area contributed by atoms with Crippen LogP contribution in [0.3, 0.4) is 0 Å². The van der Waals surface area contributed by atoms with Gasteiger partial charge < -0.3 is 9.84 Å². The van der Waals surface area contributed by atoms with Gasteiger partial charge in [-0.1, -0.05) is 37.8 Å². The minimum Gasteiger partial charge on any atom is -0.504 e. The van der Waals surface area contributed by atoms with Crippen LogP contribution < -0.4 is 4.74 Å². The monoisotopic (exact) mass is 366 g/mol. The van der Waals surface area contributed by atoms with Crippen LogP contribution in [0.5, 0.6) is 11.5 Å². The third-order valence-electron chi connectivity index (χ3n) is 6.20. The van der Waals surface area contributed by atoms with Gasteiger partial charge in [0.2, 0.25) is 0 Å². The third-order valence-corrected chi connectivity index (χ3v) is 6.20. The maximum Gasteiger partial charge on any atom is 0.166 e. The number of ether oxygens (including phenoxy) is 1. The van der Waals surface area contributed by atoms with Gasteiger partial charge in [0.1, 0.15) is 0 Å². The summed E-state index contributed by atoms with van der Waals surface area (Å²) in [4.78, 5) is 26.4. The Kier molecular flexibility index (Phi) is 4.85. The molecule has 0 bridgehead atoms. The van der Waals surface area contributed by atoms with E-state index in [-0.39, 0.29) is 17.3 Å². The lowest BCUT2D eigenvalue weighted by Crippen LogP contribution is -2.50. The van der Waals surface area contributed by atoms with E-state index < -0.39 is 17.3 Å². The Hall–Kier alpha value is -2.62. The lowest BCUT2D eigenvalue weighted by atomic mass is 9.52. The van der Waals surface area contributed by atoms with Crippen LogP contribution in [0, 0.1) is 11.3 Å². The highest BCUT2D eigenvalue weighted by Crippen LogP contribution is 2.57. The van der Waals surface area contributed by atoms with Gasteiger partial charge in [-0.05, 0) is 50.0 Å². The third kappa shape index (κ3) is 2.66. The van der Waals surface area contributed by atoms with Gasteiger partial charge >= 0.3 is 0 Å². The van der Waals surface area contributed by atoms with Gasteiger partial charge in [0, 0.05) is 17.4 Å². The molecule has 0 aliphatic heterocycles. The van der Waals surface area contributed by atoms with Crippen molar-refractivity contribution in [1.29, 1.82) is 0 Å². The summed E-state index contributed by atoms with van der Waals surface area (Å²) >= 11 is 0. The van der Waals surface area contributed by atoms with Crippen molar-refractivity contribution in [2.75, 3.05) is 6.61 Å². The van der Waals surface area contributed by atoms with Crippen LogP contribution in [0.4, 0.5) is 0 Å². The van der Waals surface area contributed by atoms with E-state index in [9.17, 15) is 14.7 Å². The molecule has 0 heterocycles. The zero-order valence-corrected chi connectivity index (χ0v) is 16.3. The molecule has 2 aliphatic carbocycles. The molecule has 3 atom stereocenters. The van der Waals surface area contributed by atoms with Crippen molar-refractivity contribution < 1.29 is 19.4 Å². The van der Waals surface area contributed by atoms with Crippen molar-refractivity contribution in [2.45, 2.75) is 40.0 Å². The molecule has 4 nitrogen and oxygen atoms in total. The summed E-state index contributed by atoms with van der Waals surface area (Å²) in [5.74, 6) is -0.542. The Balaban J connectivity index is 2.27. The second kappa shape index (κ2) is 6.84. The summed E-state index contributed by atoms with van der Waals surface area (Å²) in [6.45, 7) is 11.5. The van der Waals surface area contributed by atoms with Crippen LogP contribution in [0.15, 0.2) is 53.6 Å². The molecule has 3 rings (SSSR count). The van der Waals surface area contributed by atoms with Gasteiger partial charge in [-0.15, -0.1) is 0 Å². The molecule has 4 heteroatoms. The zero-order valence-electron chi connectivity index (χ0n) is 16.3. The molecule has 142 valence electrons. The Labute approximate surface area is 160 Å². The first-order valence-electron chi connectivity index (χ1n) is 9.32. The number of ketones is 2. The molecule has 0 saturated heterocycles. The number of allylic oxidation sites excluding steroid dienone is 5. The minimum absolute atomic E-state index is 0.0133. The van der Waals surface area contributed by atoms with E-state index in [0.29, 0.717) is 35.5 Å². The highest BCUT2D eigenvalue weighted by atomic mass is 16.5. The number of phenols is 1. The Bertz CT molecular complexity index is 890. The summed E-state index contributed by atoms with van der Waals surface area (Å²) in [5, 5.41) is 10.9. The second-order valence-corrected chi connectivity index (χ2v) is 7.48. The Morgan fingerprint density at radius 2 is 2.00 bits per heavy atom. The maximum absolute atomic E-state index is 13.4. The fourth-order valence-electron chi connectivity index (χ4n) is 4.60. The first kappa shape index (κ1) is 19.2. The van der Waals surface area contributed by atoms with Gasteiger partial charge in [-0.3, -0.25) is 9.59 Å². The number of fused-ring (bicyclic) bond motifs is 1. The smallest absolute Gasteiger partial charge is 0.166 e. The fourth-order valence-corrected chi connectivity index (χ4v) is 4.60. The number of carbonyl (C=O) groups is 2. The van der Waals surface area contributed by atoms with E-state index in [1.807, 2.05) is 19.9 Å². The molecule has 0 aromatic heterocycles. The van der Waals surface area contributed by atoms with Gasteiger partial charge in [0.15, 0.2) is 23.1 Å². The molecule has 3 unspecified atom stereocenters. The Morgan fingerprint density at radius 1 is 1.30 bits per heavy atom. The topological polar surface area (TPSA) is 63.6 Å². The van der Waals surface area contributed by atoms with Crippen LogP contribution in [0.1, 0.15) is 45.6 Å². The molecule has 0 spiro atoms. The molecule has 1 N–H and O–H groups in total. The van der Waals surface area contributed by atoms with Crippen molar-refractivity contribution in [1.82, 2.24) is 0 Å². The van der Waals surface area contributed by atoms with Crippen molar-refractivity contribution >= 4 is 11.6 Å². The van der Waals surface area contributed by atoms with Crippen LogP contribution in [-0.4, -0.2) is 23.3 Å². The quantitative estimate of drug-likeness (QED) is 0.852. The average molecular weight is 366 g/mol. The van der Waals surface area contributed by atoms with Crippen LogP contribution in [0.2, 0.25) is 0 Å². The number of aromatic hydroxyl groups is 1. The van der Waals surface area contributed by atoms with Crippen LogP contribution >= 0.6 is 0 Å². The fraction of sp³-hybridized carbons (Fsp3) is 0.391. The van der Waals surface area contributed by atoms with Gasteiger partial charge in [0.25, 0.3) is 0 Å². The molecule has 27 heavy (non-hydrogen) atoms. The van der Waals surface area contributed by atoms with Crippen molar-refractivity contribution in [3.63, 3.8) is 0 Å². The summed E-state index contributed by atoms with van der Waals surface area (Å²) < 4.78 is 5.54. The first-order chi connectivity index (χ1) is 12.8. The molecule has 0 radical (unpaired) electrons. The largest absolute Gasteiger partial charge is 0.504 e. The average Bonchev–Trinajstić information content (AvgIpc) is 2.66. The van der Waals surface area contributed by atoms with E-state index in [4.69, 9.17) is 4.74 Å². The molecule has 1 aromatic rings. The predicted molar refractivity (Wildman–Crippen MR) is 105 cm³/mol. The highest BCUT2D eigenvalue weighted by Gasteiger charge is 2.56. The van der Waals surface area contributed by atoms with E-state index in [0.717, 1.165) is 5.57 Å². The standard InChI is InChI=1S/C23H26O4/c1-6-15-11-12-17-20(24)13(3)14(4)22(26)23(17,5)19(15)16-9-8-10-18(21(16)25)27-7-2/h6,8-11,17,19,25H,1,7,12H2,2-5H3. The predicted octanol–water partition coefficient (Wildman–Crippen LogP) is 4.50. The van der Waals surface area contributed by atoms with E-state index in [1.165, 1.54) is 0 Å². The Morgan fingerprint density at radius 3 is 2.63 bits per heavy atom. The number of carbonyl (C=O) groups excluding carboxylic acids is 2. The van der Waals surface area contributed by atoms with E-state index in [2.05, 4.69) is 6.58 Å². The minimum atomic E-state index is -0.971.